The molecule has 25 heavy (non-hydrogen) atoms. The molecule has 0 aliphatic rings. The molecule has 0 heterocycles. The van der Waals surface area contributed by atoms with E-state index in [0.29, 0.717) is 5.71 Å². The van der Waals surface area contributed by atoms with Crippen LogP contribution in [0.5, 0.6) is 0 Å². The van der Waals surface area contributed by atoms with Crippen LogP contribution in [0.4, 0.5) is 15.8 Å². The molecule has 0 saturated carbocycles. The van der Waals surface area contributed by atoms with Crippen molar-refractivity contribution in [1.82, 2.24) is 0 Å². The monoisotopic (exact) mass is 334 g/mol. The van der Waals surface area contributed by atoms with Gasteiger partial charge in [0, 0.05) is 23.3 Å². The van der Waals surface area contributed by atoms with E-state index in [0.717, 1.165) is 11.1 Å². The Bertz CT molecular complexity index is 897. The molecule has 3 rings (SSSR count). The minimum Gasteiger partial charge on any atom is -0.258 e. The van der Waals surface area contributed by atoms with E-state index < -0.39 is 10.7 Å². The molecule has 0 spiro atoms. The van der Waals surface area contributed by atoms with Crippen molar-refractivity contribution in [2.45, 2.75) is 6.92 Å². The highest BCUT2D eigenvalue weighted by molar-refractivity contribution is 6.13. The van der Waals surface area contributed by atoms with Gasteiger partial charge in [-0.3, -0.25) is 10.1 Å². The first-order valence-corrected chi connectivity index (χ1v) is 7.70. The van der Waals surface area contributed by atoms with Gasteiger partial charge in [0.1, 0.15) is 5.82 Å². The average Bonchev–Trinajstić information content (AvgIpc) is 2.63. The Morgan fingerprint density at radius 1 is 0.960 bits per heavy atom. The number of hydrogen-bond donors (Lipinski definition) is 0. The van der Waals surface area contributed by atoms with Gasteiger partial charge in [-0.2, -0.15) is 0 Å². The molecule has 124 valence electrons. The van der Waals surface area contributed by atoms with E-state index in [-0.39, 0.29) is 16.9 Å². The van der Waals surface area contributed by atoms with Crippen LogP contribution in [-0.4, -0.2) is 10.6 Å². The number of benzene rings is 3. The van der Waals surface area contributed by atoms with Crippen LogP contribution in [-0.2, 0) is 0 Å². The van der Waals surface area contributed by atoms with E-state index in [4.69, 9.17) is 0 Å². The van der Waals surface area contributed by atoms with Crippen LogP contribution in [0.1, 0.15) is 16.7 Å². The van der Waals surface area contributed by atoms with Gasteiger partial charge in [0.2, 0.25) is 0 Å². The summed E-state index contributed by atoms with van der Waals surface area (Å²) in [4.78, 5) is 15.1. The van der Waals surface area contributed by atoms with Crippen molar-refractivity contribution in [3.05, 3.63) is 105 Å². The van der Waals surface area contributed by atoms with Crippen molar-refractivity contribution in [2.75, 3.05) is 0 Å². The van der Waals surface area contributed by atoms with Crippen molar-refractivity contribution in [1.29, 1.82) is 0 Å². The van der Waals surface area contributed by atoms with Gasteiger partial charge in [-0.1, -0.05) is 60.7 Å². The predicted octanol–water partition coefficient (Wildman–Crippen LogP) is 5.21. The first-order chi connectivity index (χ1) is 12.1. The van der Waals surface area contributed by atoms with Crippen molar-refractivity contribution in [3.8, 4) is 0 Å². The highest BCUT2D eigenvalue weighted by atomic mass is 19.1. The molecule has 3 aromatic carbocycles. The number of halogens is 1. The summed E-state index contributed by atoms with van der Waals surface area (Å²) in [5.74, 6) is -0.645. The lowest BCUT2D eigenvalue weighted by atomic mass is 10.0. The summed E-state index contributed by atoms with van der Waals surface area (Å²) in [7, 11) is 0. The fourth-order valence-electron chi connectivity index (χ4n) is 2.52. The van der Waals surface area contributed by atoms with Crippen molar-refractivity contribution >= 4 is 17.1 Å². The summed E-state index contributed by atoms with van der Waals surface area (Å²) in [5.41, 5.74) is 2.25. The predicted molar refractivity (Wildman–Crippen MR) is 96.0 cm³/mol. The van der Waals surface area contributed by atoms with Crippen LogP contribution >= 0.6 is 0 Å². The Morgan fingerprint density at radius 2 is 1.48 bits per heavy atom. The van der Waals surface area contributed by atoms with Crippen molar-refractivity contribution in [2.24, 2.45) is 4.99 Å². The maximum atomic E-state index is 14.1. The molecule has 0 unspecified atom stereocenters. The summed E-state index contributed by atoms with van der Waals surface area (Å²) in [6.07, 6.45) is 0. The van der Waals surface area contributed by atoms with Gasteiger partial charge in [-0.25, -0.2) is 9.38 Å². The van der Waals surface area contributed by atoms with Gasteiger partial charge in [-0.15, -0.1) is 0 Å². The molecule has 0 amide bonds. The third kappa shape index (κ3) is 3.61. The highest BCUT2D eigenvalue weighted by Gasteiger charge is 2.17. The van der Waals surface area contributed by atoms with Gasteiger partial charge in [0.15, 0.2) is 0 Å². The highest BCUT2D eigenvalue weighted by Crippen LogP contribution is 2.28. The zero-order valence-corrected chi connectivity index (χ0v) is 13.5. The van der Waals surface area contributed by atoms with Crippen LogP contribution < -0.4 is 0 Å². The van der Waals surface area contributed by atoms with Crippen LogP contribution in [0.2, 0.25) is 0 Å². The number of nitro groups is 1. The van der Waals surface area contributed by atoms with Crippen LogP contribution in [0.3, 0.4) is 0 Å². The maximum absolute atomic E-state index is 14.1. The second-order valence-electron chi connectivity index (χ2n) is 5.52. The third-order valence-electron chi connectivity index (χ3n) is 3.83. The summed E-state index contributed by atoms with van der Waals surface area (Å²) in [5, 5.41) is 11.1. The van der Waals surface area contributed by atoms with E-state index >= 15 is 0 Å². The number of hydrogen-bond acceptors (Lipinski definition) is 3. The molecule has 4 nitrogen and oxygen atoms in total. The normalized spacial score (nSPS) is 10.3. The molecule has 0 bridgehead atoms. The number of nitrogens with zero attached hydrogens (tertiary/aromatic N) is 2. The van der Waals surface area contributed by atoms with E-state index in [1.165, 1.54) is 19.1 Å². The fraction of sp³-hybridized carbons (Fsp3) is 0.0500. The van der Waals surface area contributed by atoms with Crippen LogP contribution in [0, 0.1) is 22.9 Å². The molecular weight excluding hydrogens is 319 g/mol. The molecule has 0 fully saturated rings. The first-order valence-electron chi connectivity index (χ1n) is 7.70. The quantitative estimate of drug-likeness (QED) is 0.373. The van der Waals surface area contributed by atoms with Gasteiger partial charge in [0.25, 0.3) is 5.69 Å². The van der Waals surface area contributed by atoms with E-state index in [1.807, 2.05) is 60.7 Å². The number of nitro benzene ring substituents is 1. The van der Waals surface area contributed by atoms with E-state index in [2.05, 4.69) is 4.99 Å². The molecule has 3 aromatic rings. The smallest absolute Gasteiger partial charge is 0.258 e. The number of rotatable bonds is 4. The van der Waals surface area contributed by atoms with Gasteiger partial charge >= 0.3 is 0 Å². The van der Waals surface area contributed by atoms with Gasteiger partial charge in [-0.05, 0) is 6.92 Å². The largest absolute Gasteiger partial charge is 0.277 e. The first kappa shape index (κ1) is 16.5. The summed E-state index contributed by atoms with van der Waals surface area (Å²) < 4.78 is 14.1. The molecule has 0 N–H and O–H groups in total. The third-order valence-corrected chi connectivity index (χ3v) is 3.83. The maximum Gasteiger partial charge on any atom is 0.277 e. The Morgan fingerprint density at radius 3 is 1.96 bits per heavy atom. The number of aliphatic imine (C=N–C) groups is 1. The summed E-state index contributed by atoms with van der Waals surface area (Å²) in [6, 6.07) is 21.4. The molecule has 5 heteroatoms. The topological polar surface area (TPSA) is 55.5 Å². The minimum atomic E-state index is -0.645. The second kappa shape index (κ2) is 7.05. The lowest BCUT2D eigenvalue weighted by Crippen LogP contribution is -2.03. The average molecular weight is 334 g/mol. The molecular formula is C20H15FN2O2. The second-order valence-corrected chi connectivity index (χ2v) is 5.52. The van der Waals surface area contributed by atoms with Gasteiger partial charge < -0.3 is 0 Å². The Balaban J connectivity index is 2.19. The zero-order valence-electron chi connectivity index (χ0n) is 13.5. The lowest BCUT2D eigenvalue weighted by molar-refractivity contribution is -0.385. The van der Waals surface area contributed by atoms with Crippen molar-refractivity contribution in [3.63, 3.8) is 0 Å². The molecule has 0 aromatic heterocycles. The lowest BCUT2D eigenvalue weighted by Gasteiger charge is -2.08. The molecule has 0 aliphatic carbocycles. The minimum absolute atomic E-state index is 0.00456. The van der Waals surface area contributed by atoms with E-state index in [1.54, 1.807) is 0 Å². The molecule has 0 saturated heterocycles. The molecule has 0 radical (unpaired) electrons. The Labute approximate surface area is 144 Å². The Hall–Kier alpha value is -3.34. The standard InChI is InChI=1S/C20H15FN2O2/c1-14-18(21)12-17(13-19(14)23(24)25)22-20(15-8-4-2-5-9-15)16-10-6-3-7-11-16/h2-13H,1H3. The molecule has 0 aliphatic heterocycles. The van der Waals surface area contributed by atoms with Crippen LogP contribution in [0.25, 0.3) is 0 Å². The zero-order chi connectivity index (χ0) is 17.8. The van der Waals surface area contributed by atoms with E-state index in [9.17, 15) is 14.5 Å². The van der Waals surface area contributed by atoms with Crippen LogP contribution in [0.15, 0.2) is 77.8 Å². The summed E-state index contributed by atoms with van der Waals surface area (Å²) >= 11 is 0. The SMILES string of the molecule is Cc1c(F)cc(N=C(c2ccccc2)c2ccccc2)cc1[N+](=O)[O-]. The molecule has 0 atom stereocenters. The van der Waals surface area contributed by atoms with Crippen molar-refractivity contribution < 1.29 is 9.31 Å². The fourth-order valence-corrected chi connectivity index (χ4v) is 2.52. The Kier molecular flexibility index (Phi) is 4.66. The van der Waals surface area contributed by atoms with Gasteiger partial charge in [0.05, 0.1) is 21.9 Å². The summed E-state index contributed by atoms with van der Waals surface area (Å²) in [6.45, 7) is 1.39.